The number of carbonyl (C=O) groups is 1. The highest BCUT2D eigenvalue weighted by atomic mass is 16.1. The van der Waals surface area contributed by atoms with Gasteiger partial charge < -0.3 is 15.4 Å². The molecule has 0 saturated heterocycles. The van der Waals surface area contributed by atoms with E-state index in [1.807, 2.05) is 0 Å². The van der Waals surface area contributed by atoms with Crippen molar-refractivity contribution in [3.63, 3.8) is 0 Å². The molecule has 0 aromatic carbocycles. The monoisotopic (exact) mass is 301 g/mol. The van der Waals surface area contributed by atoms with Gasteiger partial charge in [0.25, 0.3) is 0 Å². The molecule has 1 aromatic heterocycles. The van der Waals surface area contributed by atoms with Gasteiger partial charge in [-0.2, -0.15) is 0 Å². The van der Waals surface area contributed by atoms with Crippen LogP contribution in [-0.4, -0.2) is 23.9 Å². The summed E-state index contributed by atoms with van der Waals surface area (Å²) < 4.78 is 0. The van der Waals surface area contributed by atoms with Gasteiger partial charge in [0.15, 0.2) is 0 Å². The number of unbranched alkanes of at least 4 members (excludes halogenated alkanes) is 2. The molecule has 1 aromatic rings. The summed E-state index contributed by atoms with van der Waals surface area (Å²) in [4.78, 5) is 15.3. The summed E-state index contributed by atoms with van der Waals surface area (Å²) in [5, 5.41) is 7.22. The molecule has 0 bridgehead atoms. The second-order valence-electron chi connectivity index (χ2n) is 6.56. The van der Waals surface area contributed by atoms with Crippen molar-refractivity contribution < 1.29 is 4.79 Å². The van der Waals surface area contributed by atoms with Crippen molar-refractivity contribution in [3.05, 3.63) is 17.3 Å². The van der Waals surface area contributed by atoms with Gasteiger partial charge in [-0.1, -0.05) is 12.8 Å². The Morgan fingerprint density at radius 2 is 2.14 bits per heavy atom. The van der Waals surface area contributed by atoms with Crippen molar-refractivity contribution in [2.75, 3.05) is 17.2 Å². The lowest BCUT2D eigenvalue weighted by atomic mass is 10.0. The van der Waals surface area contributed by atoms with Gasteiger partial charge in [-0.25, -0.2) is 4.98 Å². The molecule has 1 saturated carbocycles. The van der Waals surface area contributed by atoms with E-state index in [1.54, 1.807) is 0 Å². The smallest absolute Gasteiger partial charge is 0.150 e. The molecule has 120 valence electrons. The Morgan fingerprint density at radius 3 is 2.95 bits per heavy atom. The Labute approximate surface area is 133 Å². The van der Waals surface area contributed by atoms with Crippen LogP contribution in [0.15, 0.2) is 6.07 Å². The van der Waals surface area contributed by atoms with Crippen LogP contribution in [0, 0.1) is 0 Å². The third kappa shape index (κ3) is 3.79. The van der Waals surface area contributed by atoms with Crippen LogP contribution in [0.3, 0.4) is 0 Å². The Hall–Kier alpha value is -1.58. The summed E-state index contributed by atoms with van der Waals surface area (Å²) in [7, 11) is 0. The van der Waals surface area contributed by atoms with Crippen LogP contribution in [0.5, 0.6) is 0 Å². The number of hydrogen-bond donors (Lipinski definition) is 2. The van der Waals surface area contributed by atoms with Crippen molar-refractivity contribution in [2.24, 2.45) is 0 Å². The first-order chi connectivity index (χ1) is 10.9. The maximum Gasteiger partial charge on any atom is 0.150 e. The van der Waals surface area contributed by atoms with Crippen molar-refractivity contribution in [1.29, 1.82) is 0 Å². The lowest BCUT2D eigenvalue weighted by molar-refractivity contribution is -0.107. The highest BCUT2D eigenvalue weighted by Crippen LogP contribution is 2.32. The molecule has 1 aliphatic heterocycles. The van der Waals surface area contributed by atoms with Gasteiger partial charge in [0.05, 0.1) is 5.69 Å². The number of fused-ring (bicyclic) bond motifs is 1. The maximum absolute atomic E-state index is 10.4. The second kappa shape index (κ2) is 7.61. The molecule has 1 fully saturated rings. The topological polar surface area (TPSA) is 54.0 Å². The normalized spacial score (nSPS) is 17.8. The van der Waals surface area contributed by atoms with E-state index < -0.39 is 0 Å². The molecule has 0 unspecified atom stereocenters. The Balaban J connectivity index is 1.74. The minimum Gasteiger partial charge on any atom is -0.382 e. The summed E-state index contributed by atoms with van der Waals surface area (Å²) in [6, 6.07) is 2.85. The SMILES string of the molecule is O=CCCCCc1cc2c(c(NC3CCCC3)n1)NCCC2. The Kier molecular flexibility index (Phi) is 5.30. The third-order valence-corrected chi connectivity index (χ3v) is 4.78. The van der Waals surface area contributed by atoms with E-state index in [0.717, 1.165) is 44.3 Å². The van der Waals surface area contributed by atoms with Crippen LogP contribution in [0.4, 0.5) is 11.5 Å². The number of pyridine rings is 1. The van der Waals surface area contributed by atoms with Gasteiger partial charge in [0, 0.05) is 24.7 Å². The standard InChI is InChI=1S/C18H27N3O/c22-12-5-1-2-10-16-13-14-7-6-11-19-17(14)18(21-16)20-15-8-3-4-9-15/h12-13,15,19H,1-11H2,(H,20,21). The molecular formula is C18H27N3O. The quantitative estimate of drug-likeness (QED) is 0.595. The van der Waals surface area contributed by atoms with Crippen LogP contribution in [0.1, 0.15) is 62.6 Å². The zero-order valence-corrected chi connectivity index (χ0v) is 13.4. The lowest BCUT2D eigenvalue weighted by Crippen LogP contribution is -2.21. The first-order valence-electron chi connectivity index (χ1n) is 8.83. The number of nitrogens with one attached hydrogen (secondary N) is 2. The molecule has 2 heterocycles. The van der Waals surface area contributed by atoms with Crippen molar-refractivity contribution in [2.45, 2.75) is 70.3 Å². The molecule has 22 heavy (non-hydrogen) atoms. The molecule has 4 heteroatoms. The van der Waals surface area contributed by atoms with Gasteiger partial charge in [-0.05, 0) is 56.6 Å². The summed E-state index contributed by atoms with van der Waals surface area (Å²) in [6.45, 7) is 1.05. The number of nitrogens with zero attached hydrogens (tertiary/aromatic N) is 1. The van der Waals surface area contributed by atoms with Crippen LogP contribution in [0.25, 0.3) is 0 Å². The number of carbonyl (C=O) groups excluding carboxylic acids is 1. The number of rotatable bonds is 7. The van der Waals surface area contributed by atoms with E-state index in [4.69, 9.17) is 4.98 Å². The first-order valence-corrected chi connectivity index (χ1v) is 8.83. The van der Waals surface area contributed by atoms with Gasteiger partial charge in [0.2, 0.25) is 0 Å². The number of aldehydes is 1. The Morgan fingerprint density at radius 1 is 1.27 bits per heavy atom. The predicted octanol–water partition coefficient (Wildman–Crippen LogP) is 3.71. The minimum atomic E-state index is 0.589. The third-order valence-electron chi connectivity index (χ3n) is 4.78. The zero-order valence-electron chi connectivity index (χ0n) is 13.4. The van der Waals surface area contributed by atoms with Crippen LogP contribution < -0.4 is 10.6 Å². The molecule has 0 amide bonds. The molecule has 4 nitrogen and oxygen atoms in total. The number of aromatic nitrogens is 1. The van der Waals surface area contributed by atoms with Crippen molar-refractivity contribution in [3.8, 4) is 0 Å². The lowest BCUT2D eigenvalue weighted by Gasteiger charge is -2.24. The zero-order chi connectivity index (χ0) is 15.2. The number of hydrogen-bond acceptors (Lipinski definition) is 4. The fourth-order valence-corrected chi connectivity index (χ4v) is 3.57. The average Bonchev–Trinajstić information content (AvgIpc) is 3.05. The van der Waals surface area contributed by atoms with E-state index in [9.17, 15) is 4.79 Å². The second-order valence-corrected chi connectivity index (χ2v) is 6.56. The van der Waals surface area contributed by atoms with Gasteiger partial charge in [-0.3, -0.25) is 0 Å². The number of aryl methyl sites for hydroxylation is 2. The molecule has 0 spiro atoms. The molecule has 1 aliphatic carbocycles. The van der Waals surface area contributed by atoms with Crippen molar-refractivity contribution >= 4 is 17.8 Å². The van der Waals surface area contributed by atoms with Crippen LogP contribution in [0.2, 0.25) is 0 Å². The molecular weight excluding hydrogens is 274 g/mol. The largest absolute Gasteiger partial charge is 0.382 e. The highest BCUT2D eigenvalue weighted by molar-refractivity contribution is 5.70. The molecule has 0 atom stereocenters. The van der Waals surface area contributed by atoms with Crippen molar-refractivity contribution in [1.82, 2.24) is 4.98 Å². The highest BCUT2D eigenvalue weighted by Gasteiger charge is 2.20. The van der Waals surface area contributed by atoms with Crippen LogP contribution >= 0.6 is 0 Å². The molecule has 2 N–H and O–H groups in total. The summed E-state index contributed by atoms with van der Waals surface area (Å²) in [5.74, 6) is 1.06. The summed E-state index contributed by atoms with van der Waals surface area (Å²) in [6.07, 6.45) is 12.2. The van der Waals surface area contributed by atoms with E-state index in [2.05, 4.69) is 16.7 Å². The van der Waals surface area contributed by atoms with E-state index in [1.165, 1.54) is 49.0 Å². The first kappa shape index (κ1) is 15.3. The fourth-order valence-electron chi connectivity index (χ4n) is 3.57. The van der Waals surface area contributed by atoms with E-state index in [-0.39, 0.29) is 0 Å². The summed E-state index contributed by atoms with van der Waals surface area (Å²) in [5.41, 5.74) is 3.82. The van der Waals surface area contributed by atoms with E-state index in [0.29, 0.717) is 12.5 Å². The fraction of sp³-hybridized carbons (Fsp3) is 0.667. The Bertz CT molecular complexity index is 509. The van der Waals surface area contributed by atoms with Gasteiger partial charge in [0.1, 0.15) is 12.1 Å². The molecule has 0 radical (unpaired) electrons. The summed E-state index contributed by atoms with van der Waals surface area (Å²) >= 11 is 0. The number of anilines is 2. The molecule has 2 aliphatic rings. The van der Waals surface area contributed by atoms with E-state index >= 15 is 0 Å². The average molecular weight is 301 g/mol. The maximum atomic E-state index is 10.4. The minimum absolute atomic E-state index is 0.589. The molecule has 3 rings (SSSR count). The van der Waals surface area contributed by atoms with Crippen LogP contribution in [-0.2, 0) is 17.6 Å². The van der Waals surface area contributed by atoms with Gasteiger partial charge in [-0.15, -0.1) is 0 Å². The predicted molar refractivity (Wildman–Crippen MR) is 90.5 cm³/mol. The van der Waals surface area contributed by atoms with Gasteiger partial charge >= 0.3 is 0 Å².